The topological polar surface area (TPSA) is 59.8 Å². The van der Waals surface area contributed by atoms with Crippen LogP contribution in [0.4, 0.5) is 8.78 Å². The standard InChI is InChI=1S/C21H23F2NO4/c1-4-5-13-8-18(25)28-19-11(2)17(7-6-14(13)19)27-12(3)20(26)24-9-15-16(10-24)21(15,22)23/h6-8,12,15-16H,4-5,9-10H2,1-3H3. The molecule has 2 heterocycles. The van der Waals surface area contributed by atoms with Crippen molar-refractivity contribution in [1.82, 2.24) is 4.90 Å². The summed E-state index contributed by atoms with van der Waals surface area (Å²) in [5, 5.41) is 0.854. The molecule has 5 nitrogen and oxygen atoms in total. The van der Waals surface area contributed by atoms with Crippen LogP contribution in [0.2, 0.25) is 0 Å². The second-order valence-corrected chi connectivity index (χ2v) is 7.80. The Kier molecular flexibility index (Phi) is 4.43. The smallest absolute Gasteiger partial charge is 0.336 e. The minimum absolute atomic E-state index is 0.0795. The molecule has 150 valence electrons. The van der Waals surface area contributed by atoms with E-state index in [1.807, 2.05) is 13.0 Å². The molecule has 0 bridgehead atoms. The number of nitrogens with zero attached hydrogens (tertiary/aromatic N) is 1. The first-order chi connectivity index (χ1) is 13.2. The van der Waals surface area contributed by atoms with Crippen LogP contribution in [0.5, 0.6) is 5.75 Å². The number of carbonyl (C=O) groups is 1. The third-order valence-corrected chi connectivity index (χ3v) is 5.88. The summed E-state index contributed by atoms with van der Waals surface area (Å²) in [6.07, 6.45) is 0.851. The number of amides is 1. The monoisotopic (exact) mass is 391 g/mol. The van der Waals surface area contributed by atoms with Gasteiger partial charge in [-0.3, -0.25) is 4.79 Å². The van der Waals surface area contributed by atoms with Gasteiger partial charge >= 0.3 is 5.63 Å². The number of carbonyl (C=O) groups excluding carboxylic acids is 1. The van der Waals surface area contributed by atoms with Crippen LogP contribution in [-0.2, 0) is 11.2 Å². The highest BCUT2D eigenvalue weighted by molar-refractivity contribution is 5.85. The molecule has 1 aliphatic carbocycles. The van der Waals surface area contributed by atoms with Crippen LogP contribution in [0.3, 0.4) is 0 Å². The predicted octanol–water partition coefficient (Wildman–Crippen LogP) is 3.54. The predicted molar refractivity (Wildman–Crippen MR) is 99.8 cm³/mol. The van der Waals surface area contributed by atoms with E-state index >= 15 is 0 Å². The summed E-state index contributed by atoms with van der Waals surface area (Å²) in [6, 6.07) is 5.09. The van der Waals surface area contributed by atoms with Gasteiger partial charge in [-0.2, -0.15) is 0 Å². The molecule has 1 saturated carbocycles. The summed E-state index contributed by atoms with van der Waals surface area (Å²) in [4.78, 5) is 25.9. The number of ether oxygens (including phenoxy) is 1. The van der Waals surface area contributed by atoms with Gasteiger partial charge in [0.05, 0.1) is 11.8 Å². The van der Waals surface area contributed by atoms with E-state index in [4.69, 9.17) is 9.15 Å². The number of halogens is 2. The highest BCUT2D eigenvalue weighted by Gasteiger charge is 2.72. The molecule has 0 radical (unpaired) electrons. The van der Waals surface area contributed by atoms with Crippen molar-refractivity contribution in [3.8, 4) is 5.75 Å². The normalized spacial score (nSPS) is 23.5. The molecular formula is C21H23F2NO4. The summed E-state index contributed by atoms with van der Waals surface area (Å²) in [7, 11) is 0. The Hall–Kier alpha value is -2.44. The van der Waals surface area contributed by atoms with Crippen molar-refractivity contribution < 1.29 is 22.7 Å². The molecule has 7 heteroatoms. The first-order valence-corrected chi connectivity index (χ1v) is 9.63. The highest BCUT2D eigenvalue weighted by Crippen LogP contribution is 2.59. The summed E-state index contributed by atoms with van der Waals surface area (Å²) in [6.45, 7) is 5.58. The fourth-order valence-electron chi connectivity index (χ4n) is 4.20. The lowest BCUT2D eigenvalue weighted by atomic mass is 10.0. The van der Waals surface area contributed by atoms with Gasteiger partial charge in [0.2, 0.25) is 0 Å². The van der Waals surface area contributed by atoms with Gasteiger partial charge in [-0.05, 0) is 38.0 Å². The van der Waals surface area contributed by atoms with Crippen molar-refractivity contribution in [2.75, 3.05) is 13.1 Å². The molecule has 1 aromatic carbocycles. The molecule has 3 atom stereocenters. The Morgan fingerprint density at radius 1 is 1.36 bits per heavy atom. The molecule has 28 heavy (non-hydrogen) atoms. The molecule has 1 aliphatic heterocycles. The number of benzene rings is 1. The fourth-order valence-corrected chi connectivity index (χ4v) is 4.20. The molecule has 0 N–H and O–H groups in total. The Balaban J connectivity index is 1.54. The maximum absolute atomic E-state index is 13.3. The van der Waals surface area contributed by atoms with Crippen LogP contribution in [0.25, 0.3) is 11.0 Å². The molecule has 2 aliphatic rings. The van der Waals surface area contributed by atoms with Crippen LogP contribution in [0.1, 0.15) is 31.4 Å². The van der Waals surface area contributed by atoms with Crippen molar-refractivity contribution in [2.24, 2.45) is 11.8 Å². The summed E-state index contributed by atoms with van der Waals surface area (Å²) in [5.41, 5.74) is 1.60. The SMILES string of the molecule is CCCc1cc(=O)oc2c(C)c(OC(C)C(=O)N3CC4C(C3)C4(F)F)ccc12. The lowest BCUT2D eigenvalue weighted by Gasteiger charge is -2.24. The lowest BCUT2D eigenvalue weighted by Crippen LogP contribution is -2.41. The Labute approximate surface area is 161 Å². The number of piperidine rings is 1. The average Bonchev–Trinajstić information content (AvgIpc) is 2.99. The summed E-state index contributed by atoms with van der Waals surface area (Å²) >= 11 is 0. The zero-order valence-electron chi connectivity index (χ0n) is 16.1. The van der Waals surface area contributed by atoms with E-state index in [0.29, 0.717) is 16.9 Å². The Morgan fingerprint density at radius 3 is 2.68 bits per heavy atom. The van der Waals surface area contributed by atoms with E-state index in [1.54, 1.807) is 19.9 Å². The molecule has 3 unspecified atom stereocenters. The molecule has 4 rings (SSSR count). The molecule has 1 saturated heterocycles. The van der Waals surface area contributed by atoms with Crippen LogP contribution in [0.15, 0.2) is 27.4 Å². The van der Waals surface area contributed by atoms with Crippen LogP contribution in [0, 0.1) is 18.8 Å². The van der Waals surface area contributed by atoms with E-state index in [9.17, 15) is 18.4 Å². The number of rotatable bonds is 5. The molecule has 0 spiro atoms. The average molecular weight is 391 g/mol. The largest absolute Gasteiger partial charge is 0.480 e. The van der Waals surface area contributed by atoms with Gasteiger partial charge in [-0.15, -0.1) is 0 Å². The fraction of sp³-hybridized carbons (Fsp3) is 0.524. The van der Waals surface area contributed by atoms with Gasteiger partial charge in [0.25, 0.3) is 11.8 Å². The maximum atomic E-state index is 13.3. The molecule has 1 amide bonds. The van der Waals surface area contributed by atoms with Crippen LogP contribution in [-0.4, -0.2) is 35.9 Å². The van der Waals surface area contributed by atoms with Crippen molar-refractivity contribution >= 4 is 16.9 Å². The van der Waals surface area contributed by atoms with Gasteiger partial charge in [0, 0.05) is 30.1 Å². The Bertz CT molecular complexity index is 986. The third-order valence-electron chi connectivity index (χ3n) is 5.88. The van der Waals surface area contributed by atoms with E-state index < -0.39 is 29.5 Å². The van der Waals surface area contributed by atoms with Crippen molar-refractivity contribution in [3.63, 3.8) is 0 Å². The first-order valence-electron chi connectivity index (χ1n) is 9.63. The molecule has 2 fully saturated rings. The summed E-state index contributed by atoms with van der Waals surface area (Å²) < 4.78 is 37.9. The van der Waals surface area contributed by atoms with E-state index in [1.165, 1.54) is 11.0 Å². The van der Waals surface area contributed by atoms with E-state index in [0.717, 1.165) is 23.8 Å². The second kappa shape index (κ2) is 6.57. The Morgan fingerprint density at radius 2 is 2.04 bits per heavy atom. The number of likely N-dealkylation sites (tertiary alicyclic amines) is 1. The number of fused-ring (bicyclic) bond motifs is 2. The minimum Gasteiger partial charge on any atom is -0.480 e. The van der Waals surface area contributed by atoms with Crippen molar-refractivity contribution in [2.45, 2.75) is 45.6 Å². The number of hydrogen-bond donors (Lipinski definition) is 0. The van der Waals surface area contributed by atoms with Crippen LogP contribution < -0.4 is 10.4 Å². The number of hydrogen-bond acceptors (Lipinski definition) is 4. The van der Waals surface area contributed by atoms with Crippen molar-refractivity contribution in [3.05, 3.63) is 39.7 Å². The van der Waals surface area contributed by atoms with E-state index in [-0.39, 0.29) is 19.0 Å². The van der Waals surface area contributed by atoms with Gasteiger partial charge in [0.1, 0.15) is 11.3 Å². The maximum Gasteiger partial charge on any atom is 0.336 e. The van der Waals surface area contributed by atoms with Gasteiger partial charge in [-0.1, -0.05) is 13.3 Å². The summed E-state index contributed by atoms with van der Waals surface area (Å²) in [5.74, 6) is -3.90. The molecule has 1 aromatic heterocycles. The zero-order valence-corrected chi connectivity index (χ0v) is 16.1. The first kappa shape index (κ1) is 18.9. The quantitative estimate of drug-likeness (QED) is 0.732. The lowest BCUT2D eigenvalue weighted by molar-refractivity contribution is -0.138. The minimum atomic E-state index is -2.62. The zero-order chi connectivity index (χ0) is 20.2. The third kappa shape index (κ3) is 2.97. The van der Waals surface area contributed by atoms with Gasteiger partial charge < -0.3 is 14.1 Å². The number of alkyl halides is 2. The highest BCUT2D eigenvalue weighted by atomic mass is 19.3. The molecular weight excluding hydrogens is 368 g/mol. The van der Waals surface area contributed by atoms with Crippen LogP contribution >= 0.6 is 0 Å². The van der Waals surface area contributed by atoms with E-state index in [2.05, 4.69) is 0 Å². The second-order valence-electron chi connectivity index (χ2n) is 7.80. The molecule has 2 aromatic rings. The van der Waals surface area contributed by atoms with Gasteiger partial charge in [-0.25, -0.2) is 13.6 Å². The van der Waals surface area contributed by atoms with Crippen molar-refractivity contribution in [1.29, 1.82) is 0 Å². The van der Waals surface area contributed by atoms with Gasteiger partial charge in [0.15, 0.2) is 6.10 Å². The number of aryl methyl sites for hydroxylation is 2.